The van der Waals surface area contributed by atoms with Crippen LogP contribution in [0.25, 0.3) is 6.08 Å². The highest BCUT2D eigenvalue weighted by molar-refractivity contribution is 6.04. The van der Waals surface area contributed by atoms with Crippen molar-refractivity contribution in [3.05, 3.63) is 75.8 Å². The second-order valence-electron chi connectivity index (χ2n) is 7.10. The van der Waals surface area contributed by atoms with Gasteiger partial charge in [0.2, 0.25) is 0 Å². The number of carbonyl (C=O) groups excluding carboxylic acids is 2. The van der Waals surface area contributed by atoms with Gasteiger partial charge >= 0.3 is 5.97 Å². The first kappa shape index (κ1) is 18.9. The number of Topliss-reactive ketones (excluding diaryl/α,β-unsaturated/α-hetero) is 1. The zero-order chi connectivity index (χ0) is 20.5. The lowest BCUT2D eigenvalue weighted by molar-refractivity contribution is -0.384. The van der Waals surface area contributed by atoms with Gasteiger partial charge in [-0.3, -0.25) is 19.7 Å². The van der Waals surface area contributed by atoms with Crippen molar-refractivity contribution in [2.45, 2.75) is 25.4 Å². The third-order valence-corrected chi connectivity index (χ3v) is 5.47. The number of nitro groups is 1. The van der Waals surface area contributed by atoms with E-state index in [0.717, 1.165) is 11.3 Å². The molecule has 0 radical (unpaired) electrons. The van der Waals surface area contributed by atoms with Crippen molar-refractivity contribution < 1.29 is 19.2 Å². The molecule has 2 aliphatic heterocycles. The van der Waals surface area contributed by atoms with E-state index in [1.807, 2.05) is 41.3 Å². The van der Waals surface area contributed by atoms with Gasteiger partial charge < -0.3 is 9.64 Å². The Hall–Kier alpha value is -3.48. The van der Waals surface area contributed by atoms with E-state index >= 15 is 0 Å². The quantitative estimate of drug-likeness (QED) is 0.334. The second kappa shape index (κ2) is 7.50. The highest BCUT2D eigenvalue weighted by Gasteiger charge is 2.48. The minimum atomic E-state index is -0.609. The van der Waals surface area contributed by atoms with Crippen LogP contribution in [0.5, 0.6) is 0 Å². The number of benzene rings is 2. The molecule has 0 N–H and O–H groups in total. The van der Waals surface area contributed by atoms with E-state index in [1.54, 1.807) is 13.0 Å². The molecule has 4 rings (SSSR count). The van der Waals surface area contributed by atoms with Gasteiger partial charge in [0.05, 0.1) is 29.5 Å². The summed E-state index contributed by atoms with van der Waals surface area (Å²) in [5.41, 5.74) is 1.96. The summed E-state index contributed by atoms with van der Waals surface area (Å²) in [7, 11) is 0. The molecule has 3 atom stereocenters. The summed E-state index contributed by atoms with van der Waals surface area (Å²) in [6.07, 6.45) is 4.19. The molecule has 0 spiro atoms. The van der Waals surface area contributed by atoms with Crippen molar-refractivity contribution >= 4 is 29.2 Å². The van der Waals surface area contributed by atoms with Gasteiger partial charge in [-0.2, -0.15) is 0 Å². The molecule has 2 heterocycles. The van der Waals surface area contributed by atoms with Crippen LogP contribution >= 0.6 is 0 Å². The number of nitrogens with zero attached hydrogens (tertiary/aromatic N) is 2. The molecule has 0 amide bonds. The highest BCUT2D eigenvalue weighted by atomic mass is 16.6. The van der Waals surface area contributed by atoms with E-state index < -0.39 is 16.9 Å². The normalized spacial score (nSPS) is 22.0. The van der Waals surface area contributed by atoms with E-state index in [-0.39, 0.29) is 35.7 Å². The highest BCUT2D eigenvalue weighted by Crippen LogP contribution is 2.42. The van der Waals surface area contributed by atoms with Gasteiger partial charge in [-0.15, -0.1) is 0 Å². The molecular formula is C22H20N2O5. The third kappa shape index (κ3) is 3.29. The molecule has 1 saturated heterocycles. The summed E-state index contributed by atoms with van der Waals surface area (Å²) >= 11 is 0. The SMILES string of the molecule is CCOC(=O)[C@H]1C[C@H](C(=O)c2cccc([N+](=O)[O-])c2)N2c3ccccc3C=C[C@H]12. The van der Waals surface area contributed by atoms with Crippen LogP contribution in [0.3, 0.4) is 0 Å². The number of anilines is 1. The first-order chi connectivity index (χ1) is 14.0. The predicted octanol–water partition coefficient (Wildman–Crippen LogP) is 3.63. The maximum Gasteiger partial charge on any atom is 0.311 e. The van der Waals surface area contributed by atoms with Crippen molar-refractivity contribution in [3.8, 4) is 0 Å². The Morgan fingerprint density at radius 2 is 2.00 bits per heavy atom. The molecule has 7 heteroatoms. The van der Waals surface area contributed by atoms with Crippen molar-refractivity contribution in [2.75, 3.05) is 11.5 Å². The van der Waals surface area contributed by atoms with E-state index in [0.29, 0.717) is 6.42 Å². The first-order valence-electron chi connectivity index (χ1n) is 9.52. The van der Waals surface area contributed by atoms with Gasteiger partial charge in [0.1, 0.15) is 0 Å². The van der Waals surface area contributed by atoms with E-state index in [4.69, 9.17) is 4.74 Å². The molecule has 148 valence electrons. The number of hydrogen-bond donors (Lipinski definition) is 0. The average molecular weight is 392 g/mol. The number of ether oxygens (including phenoxy) is 1. The van der Waals surface area contributed by atoms with Crippen molar-refractivity contribution in [2.24, 2.45) is 5.92 Å². The van der Waals surface area contributed by atoms with E-state index in [2.05, 4.69) is 0 Å². The van der Waals surface area contributed by atoms with Crippen LogP contribution in [0.1, 0.15) is 29.3 Å². The largest absolute Gasteiger partial charge is 0.466 e. The summed E-state index contributed by atoms with van der Waals surface area (Å²) in [5, 5.41) is 11.1. The summed E-state index contributed by atoms with van der Waals surface area (Å²) in [4.78, 5) is 38.5. The molecule has 29 heavy (non-hydrogen) atoms. The van der Waals surface area contributed by atoms with Crippen LogP contribution < -0.4 is 4.90 Å². The third-order valence-electron chi connectivity index (χ3n) is 5.47. The topological polar surface area (TPSA) is 89.8 Å². The average Bonchev–Trinajstić information content (AvgIpc) is 3.14. The summed E-state index contributed by atoms with van der Waals surface area (Å²) in [5.74, 6) is -1.05. The smallest absolute Gasteiger partial charge is 0.311 e. The molecule has 0 aromatic heterocycles. The van der Waals surface area contributed by atoms with Crippen LogP contribution in [0.2, 0.25) is 0 Å². The van der Waals surface area contributed by atoms with Gasteiger partial charge in [0, 0.05) is 23.4 Å². The van der Waals surface area contributed by atoms with Gasteiger partial charge in [-0.1, -0.05) is 42.5 Å². The van der Waals surface area contributed by atoms with Crippen LogP contribution in [0, 0.1) is 16.0 Å². The molecule has 2 aromatic rings. The lowest BCUT2D eigenvalue weighted by Crippen LogP contribution is -2.43. The Bertz CT molecular complexity index is 1020. The van der Waals surface area contributed by atoms with Crippen molar-refractivity contribution in [1.29, 1.82) is 0 Å². The molecule has 0 unspecified atom stereocenters. The van der Waals surface area contributed by atoms with Crippen molar-refractivity contribution in [1.82, 2.24) is 0 Å². The zero-order valence-electron chi connectivity index (χ0n) is 15.9. The number of ketones is 1. The summed E-state index contributed by atoms with van der Waals surface area (Å²) in [6, 6.07) is 12.5. The number of esters is 1. The van der Waals surface area contributed by atoms with Gasteiger partial charge in [-0.05, 0) is 25.0 Å². The molecule has 1 fully saturated rings. The molecule has 7 nitrogen and oxygen atoms in total. The number of rotatable bonds is 5. The number of nitro benzene ring substituents is 1. The lowest BCUT2D eigenvalue weighted by Gasteiger charge is -2.35. The van der Waals surface area contributed by atoms with E-state index in [1.165, 1.54) is 18.2 Å². The van der Waals surface area contributed by atoms with E-state index in [9.17, 15) is 19.7 Å². The Morgan fingerprint density at radius 1 is 1.21 bits per heavy atom. The molecular weight excluding hydrogens is 372 g/mol. The Balaban J connectivity index is 1.75. The zero-order valence-corrected chi connectivity index (χ0v) is 15.9. The number of para-hydroxylation sites is 1. The van der Waals surface area contributed by atoms with Gasteiger partial charge in [0.15, 0.2) is 5.78 Å². The van der Waals surface area contributed by atoms with Crippen LogP contribution in [-0.4, -0.2) is 35.4 Å². The van der Waals surface area contributed by atoms with Crippen LogP contribution in [0.15, 0.2) is 54.6 Å². The van der Waals surface area contributed by atoms with Crippen molar-refractivity contribution in [3.63, 3.8) is 0 Å². The maximum absolute atomic E-state index is 13.4. The Morgan fingerprint density at radius 3 is 2.76 bits per heavy atom. The fourth-order valence-corrected chi connectivity index (χ4v) is 4.20. The molecule has 0 bridgehead atoms. The minimum Gasteiger partial charge on any atom is -0.466 e. The number of carbonyl (C=O) groups is 2. The summed E-state index contributed by atoms with van der Waals surface area (Å²) in [6.45, 7) is 2.02. The molecule has 0 saturated carbocycles. The van der Waals surface area contributed by atoms with Crippen LogP contribution in [0.4, 0.5) is 11.4 Å². The first-order valence-corrected chi connectivity index (χ1v) is 9.52. The van der Waals surface area contributed by atoms with Gasteiger partial charge in [0.25, 0.3) is 5.69 Å². The maximum atomic E-state index is 13.4. The second-order valence-corrected chi connectivity index (χ2v) is 7.10. The Labute approximate surface area is 167 Å². The van der Waals surface area contributed by atoms with Crippen LogP contribution in [-0.2, 0) is 9.53 Å². The predicted molar refractivity (Wildman–Crippen MR) is 108 cm³/mol. The number of fused-ring (bicyclic) bond motifs is 3. The minimum absolute atomic E-state index is 0.133. The number of hydrogen-bond acceptors (Lipinski definition) is 6. The molecule has 2 aromatic carbocycles. The number of non-ortho nitro benzene ring substituents is 1. The fraction of sp³-hybridized carbons (Fsp3) is 0.273. The van der Waals surface area contributed by atoms with Gasteiger partial charge in [-0.25, -0.2) is 0 Å². The monoisotopic (exact) mass is 392 g/mol. The fourth-order valence-electron chi connectivity index (χ4n) is 4.20. The lowest BCUT2D eigenvalue weighted by atomic mass is 9.95. The summed E-state index contributed by atoms with van der Waals surface area (Å²) < 4.78 is 5.25. The molecule has 2 aliphatic rings. The Kier molecular flexibility index (Phi) is 4.88. The molecule has 0 aliphatic carbocycles. The standard InChI is InChI=1S/C22H20N2O5/c1-2-29-22(26)17-13-20(21(25)15-7-5-8-16(12-15)24(27)28)23-18-9-4-3-6-14(18)10-11-19(17)23/h3-12,17,19-20H,2,13H2,1H3/t17-,19+,20+/m0/s1.